The predicted octanol–water partition coefficient (Wildman–Crippen LogP) is 3.60. The second-order valence-electron chi connectivity index (χ2n) is 3.84. The number of hydrogen-bond donors (Lipinski definition) is 0. The van der Waals surface area contributed by atoms with Crippen molar-refractivity contribution in [3.05, 3.63) is 23.3 Å². The molecule has 2 aliphatic carbocycles. The minimum Gasteiger partial charge on any atom is -0.0995 e. The summed E-state index contributed by atoms with van der Waals surface area (Å²) >= 11 is 0. The molecule has 0 saturated heterocycles. The molecule has 0 atom stereocenters. The highest BCUT2D eigenvalue weighted by Gasteiger charge is 2.17. The molecule has 0 amide bonds. The summed E-state index contributed by atoms with van der Waals surface area (Å²) in [6.07, 6.45) is 9.44. The van der Waals surface area contributed by atoms with Gasteiger partial charge >= 0.3 is 0 Å². The average molecular weight is 148 g/mol. The SMILES string of the molecule is C=C1CCC2=C(CCCC2)C1. The van der Waals surface area contributed by atoms with E-state index < -0.39 is 0 Å². The highest BCUT2D eigenvalue weighted by molar-refractivity contribution is 5.27. The summed E-state index contributed by atoms with van der Waals surface area (Å²) in [5.74, 6) is 0. The molecule has 0 saturated carbocycles. The van der Waals surface area contributed by atoms with Crippen LogP contribution < -0.4 is 0 Å². The molecule has 0 aromatic rings. The molecule has 0 radical (unpaired) electrons. The normalized spacial score (nSPS) is 25.3. The Morgan fingerprint density at radius 1 is 0.818 bits per heavy atom. The maximum absolute atomic E-state index is 4.07. The summed E-state index contributed by atoms with van der Waals surface area (Å²) in [6.45, 7) is 4.07. The second-order valence-corrected chi connectivity index (χ2v) is 3.84. The van der Waals surface area contributed by atoms with Crippen LogP contribution in [0.25, 0.3) is 0 Å². The van der Waals surface area contributed by atoms with Crippen molar-refractivity contribution in [1.29, 1.82) is 0 Å². The van der Waals surface area contributed by atoms with E-state index in [2.05, 4.69) is 6.58 Å². The molecule has 0 unspecified atom stereocenters. The van der Waals surface area contributed by atoms with Crippen molar-refractivity contribution in [2.75, 3.05) is 0 Å². The first-order chi connectivity index (χ1) is 5.36. The molecule has 0 aromatic carbocycles. The number of rotatable bonds is 0. The molecule has 0 spiro atoms. The van der Waals surface area contributed by atoms with Crippen LogP contribution in [0.15, 0.2) is 23.3 Å². The lowest BCUT2D eigenvalue weighted by atomic mass is 9.80. The molecule has 0 fully saturated rings. The molecular weight excluding hydrogens is 132 g/mol. The molecule has 2 rings (SSSR count). The monoisotopic (exact) mass is 148 g/mol. The highest BCUT2D eigenvalue weighted by atomic mass is 14.2. The van der Waals surface area contributed by atoms with Crippen molar-refractivity contribution >= 4 is 0 Å². The Labute approximate surface area is 69.0 Å². The zero-order valence-corrected chi connectivity index (χ0v) is 7.16. The maximum atomic E-state index is 4.07. The van der Waals surface area contributed by atoms with Gasteiger partial charge in [-0.3, -0.25) is 0 Å². The molecule has 0 heteroatoms. The fourth-order valence-electron chi connectivity index (χ4n) is 2.26. The molecule has 0 heterocycles. The van der Waals surface area contributed by atoms with Crippen LogP contribution in [0.4, 0.5) is 0 Å². The Morgan fingerprint density at radius 3 is 2.36 bits per heavy atom. The van der Waals surface area contributed by atoms with Crippen LogP contribution in [0.5, 0.6) is 0 Å². The summed E-state index contributed by atoms with van der Waals surface area (Å²) in [7, 11) is 0. The first-order valence-corrected chi connectivity index (χ1v) is 4.72. The van der Waals surface area contributed by atoms with Crippen LogP contribution in [0.2, 0.25) is 0 Å². The van der Waals surface area contributed by atoms with Gasteiger partial charge in [-0.15, -0.1) is 0 Å². The molecule has 0 nitrogen and oxygen atoms in total. The summed E-state index contributed by atoms with van der Waals surface area (Å²) in [6, 6.07) is 0. The standard InChI is InChI=1S/C11H16/c1-9-6-7-10-4-2-3-5-11(10)8-9/h1-8H2. The van der Waals surface area contributed by atoms with E-state index in [4.69, 9.17) is 0 Å². The maximum Gasteiger partial charge on any atom is -0.0108 e. The third-order valence-corrected chi connectivity index (χ3v) is 2.95. The lowest BCUT2D eigenvalue weighted by molar-refractivity contribution is 0.609. The van der Waals surface area contributed by atoms with Crippen LogP contribution in [0.1, 0.15) is 44.9 Å². The smallest absolute Gasteiger partial charge is 0.0108 e. The Balaban J connectivity index is 2.18. The van der Waals surface area contributed by atoms with Crippen molar-refractivity contribution in [2.24, 2.45) is 0 Å². The van der Waals surface area contributed by atoms with Gasteiger partial charge in [0.15, 0.2) is 0 Å². The summed E-state index contributed by atoms with van der Waals surface area (Å²) < 4.78 is 0. The van der Waals surface area contributed by atoms with E-state index >= 15 is 0 Å². The minimum absolute atomic E-state index is 1.23. The molecule has 2 aliphatic rings. The van der Waals surface area contributed by atoms with Crippen molar-refractivity contribution in [3.63, 3.8) is 0 Å². The zero-order chi connectivity index (χ0) is 7.68. The molecule has 0 bridgehead atoms. The van der Waals surface area contributed by atoms with Gasteiger partial charge in [-0.05, 0) is 44.9 Å². The molecule has 0 aliphatic heterocycles. The van der Waals surface area contributed by atoms with Gasteiger partial charge in [-0.2, -0.15) is 0 Å². The van der Waals surface area contributed by atoms with Gasteiger partial charge in [0.05, 0.1) is 0 Å². The predicted molar refractivity (Wildman–Crippen MR) is 48.5 cm³/mol. The third-order valence-electron chi connectivity index (χ3n) is 2.95. The number of allylic oxidation sites excluding steroid dienone is 3. The largest absolute Gasteiger partial charge is 0.0995 e. The van der Waals surface area contributed by atoms with Crippen LogP contribution in [-0.2, 0) is 0 Å². The van der Waals surface area contributed by atoms with E-state index in [1.54, 1.807) is 11.1 Å². The van der Waals surface area contributed by atoms with Gasteiger partial charge in [-0.25, -0.2) is 0 Å². The quantitative estimate of drug-likeness (QED) is 0.460. The molecule has 11 heavy (non-hydrogen) atoms. The molecule has 0 N–H and O–H groups in total. The average Bonchev–Trinajstić information content (AvgIpc) is 2.04. The van der Waals surface area contributed by atoms with Gasteiger partial charge in [0, 0.05) is 0 Å². The van der Waals surface area contributed by atoms with Gasteiger partial charge in [-0.1, -0.05) is 23.3 Å². The topological polar surface area (TPSA) is 0 Å². The Bertz CT molecular complexity index is 208. The van der Waals surface area contributed by atoms with E-state index in [9.17, 15) is 0 Å². The zero-order valence-electron chi connectivity index (χ0n) is 7.16. The molecule has 60 valence electrons. The van der Waals surface area contributed by atoms with Gasteiger partial charge in [0.1, 0.15) is 0 Å². The van der Waals surface area contributed by atoms with Crippen LogP contribution >= 0.6 is 0 Å². The lowest BCUT2D eigenvalue weighted by Crippen LogP contribution is -2.06. The third kappa shape index (κ3) is 1.40. The van der Waals surface area contributed by atoms with Gasteiger partial charge < -0.3 is 0 Å². The fourth-order valence-corrected chi connectivity index (χ4v) is 2.26. The van der Waals surface area contributed by atoms with E-state index in [0.717, 1.165) is 0 Å². The van der Waals surface area contributed by atoms with Crippen molar-refractivity contribution in [3.8, 4) is 0 Å². The molecular formula is C11H16. The number of hydrogen-bond acceptors (Lipinski definition) is 0. The Kier molecular flexibility index (Phi) is 1.85. The fraction of sp³-hybridized carbons (Fsp3) is 0.636. The van der Waals surface area contributed by atoms with E-state index in [0.29, 0.717) is 0 Å². The first kappa shape index (κ1) is 7.15. The summed E-state index contributed by atoms with van der Waals surface area (Å²) in [5, 5.41) is 0. The van der Waals surface area contributed by atoms with E-state index in [-0.39, 0.29) is 0 Å². The Morgan fingerprint density at radius 2 is 1.55 bits per heavy atom. The van der Waals surface area contributed by atoms with Crippen LogP contribution in [-0.4, -0.2) is 0 Å². The summed E-state index contributed by atoms with van der Waals surface area (Å²) in [5.41, 5.74) is 4.99. The van der Waals surface area contributed by atoms with Crippen LogP contribution in [0.3, 0.4) is 0 Å². The second kappa shape index (κ2) is 2.84. The van der Waals surface area contributed by atoms with Crippen molar-refractivity contribution in [2.45, 2.75) is 44.9 Å². The van der Waals surface area contributed by atoms with E-state index in [1.807, 2.05) is 0 Å². The van der Waals surface area contributed by atoms with Crippen LogP contribution in [0, 0.1) is 0 Å². The van der Waals surface area contributed by atoms with Gasteiger partial charge in [0.25, 0.3) is 0 Å². The van der Waals surface area contributed by atoms with E-state index in [1.165, 1.54) is 50.5 Å². The molecule has 0 aromatic heterocycles. The van der Waals surface area contributed by atoms with Gasteiger partial charge in [0.2, 0.25) is 0 Å². The Hall–Kier alpha value is -0.520. The minimum atomic E-state index is 1.23. The highest BCUT2D eigenvalue weighted by Crippen LogP contribution is 2.36. The lowest BCUT2D eigenvalue weighted by Gasteiger charge is -2.25. The summed E-state index contributed by atoms with van der Waals surface area (Å²) in [4.78, 5) is 0. The van der Waals surface area contributed by atoms with Crippen molar-refractivity contribution in [1.82, 2.24) is 0 Å². The van der Waals surface area contributed by atoms with Crippen molar-refractivity contribution < 1.29 is 0 Å². The first-order valence-electron chi connectivity index (χ1n) is 4.72.